The van der Waals surface area contributed by atoms with Crippen LogP contribution in [0.3, 0.4) is 0 Å². The van der Waals surface area contributed by atoms with Crippen LogP contribution in [0.25, 0.3) is 5.78 Å². The van der Waals surface area contributed by atoms with Gasteiger partial charge in [0.15, 0.2) is 6.61 Å². The minimum absolute atomic E-state index is 0.0267. The molecule has 156 valence electrons. The van der Waals surface area contributed by atoms with Gasteiger partial charge in [-0.2, -0.15) is 4.98 Å². The Hall–Kier alpha value is -2.94. The Morgan fingerprint density at radius 1 is 1.20 bits per heavy atom. The molecule has 9 heteroatoms. The summed E-state index contributed by atoms with van der Waals surface area (Å²) in [4.78, 5) is 35.6. The van der Waals surface area contributed by atoms with E-state index in [-0.39, 0.29) is 18.9 Å². The molecule has 0 atom stereocenters. The molecule has 0 radical (unpaired) electrons. The molecule has 1 aliphatic heterocycles. The quantitative estimate of drug-likeness (QED) is 0.458. The molecule has 0 aliphatic carbocycles. The number of esters is 1. The molecule has 3 aromatic rings. The minimum atomic E-state index is -0.466. The number of anilines is 1. The highest BCUT2D eigenvalue weighted by Crippen LogP contribution is 2.26. The highest BCUT2D eigenvalue weighted by molar-refractivity contribution is 7.98. The van der Waals surface area contributed by atoms with Crippen LogP contribution in [0.15, 0.2) is 29.4 Å². The van der Waals surface area contributed by atoms with E-state index in [1.54, 1.807) is 9.42 Å². The summed E-state index contributed by atoms with van der Waals surface area (Å²) in [6.07, 6.45) is 3.77. The van der Waals surface area contributed by atoms with Crippen molar-refractivity contribution in [2.24, 2.45) is 0 Å². The number of nitrogens with zero attached hydrogens (tertiary/aromatic N) is 5. The molecule has 1 aromatic carbocycles. The van der Waals surface area contributed by atoms with Gasteiger partial charge in [-0.3, -0.25) is 9.59 Å². The van der Waals surface area contributed by atoms with Crippen molar-refractivity contribution in [2.45, 2.75) is 38.3 Å². The van der Waals surface area contributed by atoms with Crippen molar-refractivity contribution in [1.82, 2.24) is 19.6 Å². The van der Waals surface area contributed by atoms with Crippen LogP contribution >= 0.6 is 11.8 Å². The number of aryl methyl sites for hydroxylation is 3. The first-order valence-electron chi connectivity index (χ1n) is 9.78. The SMILES string of the molecule is CSc1nc2nc(C)c(CC(=O)OCC(=O)N3CCCc4ccccc43)c(C)n2n1. The van der Waals surface area contributed by atoms with Crippen LogP contribution in [0.4, 0.5) is 5.69 Å². The second-order valence-electron chi connectivity index (χ2n) is 7.19. The summed E-state index contributed by atoms with van der Waals surface area (Å²) in [5.41, 5.74) is 4.28. The van der Waals surface area contributed by atoms with Crippen LogP contribution in [0, 0.1) is 13.8 Å². The van der Waals surface area contributed by atoms with E-state index in [1.807, 2.05) is 44.4 Å². The van der Waals surface area contributed by atoms with Crippen LogP contribution in [0.5, 0.6) is 0 Å². The summed E-state index contributed by atoms with van der Waals surface area (Å²) in [5.74, 6) is -0.171. The number of thioether (sulfide) groups is 1. The lowest BCUT2D eigenvalue weighted by atomic mass is 10.0. The molecule has 0 spiro atoms. The van der Waals surface area contributed by atoms with Gasteiger partial charge in [0.2, 0.25) is 5.16 Å². The molecule has 4 rings (SSSR count). The summed E-state index contributed by atoms with van der Waals surface area (Å²) in [5, 5.41) is 5.01. The Bertz CT molecular complexity index is 1130. The zero-order valence-corrected chi connectivity index (χ0v) is 18.0. The van der Waals surface area contributed by atoms with Gasteiger partial charge >= 0.3 is 5.97 Å². The zero-order chi connectivity index (χ0) is 21.3. The molecule has 1 aliphatic rings. The molecule has 8 nitrogen and oxygen atoms in total. The van der Waals surface area contributed by atoms with Crippen LogP contribution in [-0.2, 0) is 27.2 Å². The number of hydrogen-bond donors (Lipinski definition) is 0. The maximum atomic E-state index is 12.7. The molecule has 2 aromatic heterocycles. The molecule has 1 amide bonds. The summed E-state index contributed by atoms with van der Waals surface area (Å²) in [6.45, 7) is 4.06. The summed E-state index contributed by atoms with van der Waals surface area (Å²) >= 11 is 1.43. The molecule has 0 N–H and O–H groups in total. The van der Waals surface area contributed by atoms with Crippen LogP contribution < -0.4 is 4.90 Å². The average Bonchev–Trinajstić information content (AvgIpc) is 3.17. The van der Waals surface area contributed by atoms with Crippen molar-refractivity contribution in [3.63, 3.8) is 0 Å². The number of rotatable bonds is 5. The Morgan fingerprint density at radius 3 is 2.80 bits per heavy atom. The molecule has 0 unspecified atom stereocenters. The van der Waals surface area contributed by atoms with Crippen molar-refractivity contribution in [3.05, 3.63) is 46.8 Å². The number of ether oxygens (including phenoxy) is 1. The Labute approximate surface area is 178 Å². The molecular formula is C21H23N5O3S. The van der Waals surface area contributed by atoms with E-state index in [0.29, 0.717) is 23.2 Å². The first-order valence-corrected chi connectivity index (χ1v) is 11.0. The Balaban J connectivity index is 1.44. The molecule has 3 heterocycles. The molecular weight excluding hydrogens is 402 g/mol. The molecule has 0 saturated heterocycles. The van der Waals surface area contributed by atoms with Gasteiger partial charge in [0, 0.05) is 29.2 Å². The normalized spacial score (nSPS) is 13.4. The third-order valence-corrected chi connectivity index (χ3v) is 5.84. The topological polar surface area (TPSA) is 89.7 Å². The van der Waals surface area contributed by atoms with Crippen LogP contribution in [0.2, 0.25) is 0 Å². The molecule has 30 heavy (non-hydrogen) atoms. The number of fused-ring (bicyclic) bond motifs is 2. The highest BCUT2D eigenvalue weighted by atomic mass is 32.2. The van der Waals surface area contributed by atoms with Gasteiger partial charge in [-0.05, 0) is 44.6 Å². The number of carbonyl (C=O) groups excluding carboxylic acids is 2. The lowest BCUT2D eigenvalue weighted by Crippen LogP contribution is -2.38. The van der Waals surface area contributed by atoms with Crippen LogP contribution in [-0.4, -0.2) is 50.9 Å². The van der Waals surface area contributed by atoms with Gasteiger partial charge in [0.25, 0.3) is 11.7 Å². The third kappa shape index (κ3) is 3.89. The van der Waals surface area contributed by atoms with E-state index in [9.17, 15) is 9.59 Å². The zero-order valence-electron chi connectivity index (χ0n) is 17.2. The smallest absolute Gasteiger partial charge is 0.310 e. The number of aromatic nitrogens is 4. The Morgan fingerprint density at radius 2 is 2.00 bits per heavy atom. The van der Waals surface area contributed by atoms with Gasteiger partial charge in [-0.1, -0.05) is 30.0 Å². The second-order valence-corrected chi connectivity index (χ2v) is 7.96. The van der Waals surface area contributed by atoms with E-state index in [2.05, 4.69) is 15.1 Å². The lowest BCUT2D eigenvalue weighted by Gasteiger charge is -2.29. The number of carbonyl (C=O) groups is 2. The lowest BCUT2D eigenvalue weighted by molar-refractivity contribution is -0.147. The van der Waals surface area contributed by atoms with E-state index >= 15 is 0 Å². The maximum absolute atomic E-state index is 12.7. The second kappa shape index (κ2) is 8.43. The highest BCUT2D eigenvalue weighted by Gasteiger charge is 2.23. The largest absolute Gasteiger partial charge is 0.455 e. The fourth-order valence-electron chi connectivity index (χ4n) is 3.74. The fourth-order valence-corrected chi connectivity index (χ4v) is 4.08. The molecule has 0 saturated carbocycles. The first-order chi connectivity index (χ1) is 14.5. The number of amides is 1. The first kappa shape index (κ1) is 20.3. The van der Waals surface area contributed by atoms with E-state index in [0.717, 1.165) is 35.3 Å². The fraction of sp³-hybridized carbons (Fsp3) is 0.381. The van der Waals surface area contributed by atoms with Gasteiger partial charge < -0.3 is 9.64 Å². The number of para-hydroxylation sites is 1. The monoisotopic (exact) mass is 425 g/mol. The third-order valence-electron chi connectivity index (χ3n) is 5.30. The van der Waals surface area contributed by atoms with Crippen molar-refractivity contribution in [2.75, 3.05) is 24.3 Å². The summed E-state index contributed by atoms with van der Waals surface area (Å²) in [6, 6.07) is 7.85. The summed E-state index contributed by atoms with van der Waals surface area (Å²) < 4.78 is 6.95. The number of benzene rings is 1. The Kier molecular flexibility index (Phi) is 5.72. The predicted molar refractivity (Wildman–Crippen MR) is 114 cm³/mol. The van der Waals surface area contributed by atoms with E-state index in [1.165, 1.54) is 11.8 Å². The minimum Gasteiger partial charge on any atom is -0.455 e. The van der Waals surface area contributed by atoms with Gasteiger partial charge in [0.1, 0.15) is 0 Å². The predicted octanol–water partition coefficient (Wildman–Crippen LogP) is 2.53. The van der Waals surface area contributed by atoms with Gasteiger partial charge in [0.05, 0.1) is 6.42 Å². The van der Waals surface area contributed by atoms with Crippen LogP contribution in [0.1, 0.15) is 28.9 Å². The molecule has 0 fully saturated rings. The van der Waals surface area contributed by atoms with Crippen molar-refractivity contribution >= 4 is 35.1 Å². The summed E-state index contributed by atoms with van der Waals surface area (Å²) in [7, 11) is 0. The van der Waals surface area contributed by atoms with Crippen molar-refractivity contribution in [3.8, 4) is 0 Å². The maximum Gasteiger partial charge on any atom is 0.310 e. The van der Waals surface area contributed by atoms with Gasteiger partial charge in [-0.15, -0.1) is 5.10 Å². The van der Waals surface area contributed by atoms with E-state index in [4.69, 9.17) is 4.74 Å². The van der Waals surface area contributed by atoms with E-state index < -0.39 is 5.97 Å². The number of hydrogen-bond acceptors (Lipinski definition) is 7. The van der Waals surface area contributed by atoms with Crippen molar-refractivity contribution < 1.29 is 14.3 Å². The van der Waals surface area contributed by atoms with Crippen molar-refractivity contribution in [1.29, 1.82) is 0 Å². The molecule has 0 bridgehead atoms. The standard InChI is InChI=1S/C21H23N5O3S/c1-13-16(14(2)26-20(22-13)23-21(24-26)30-3)11-19(28)29-12-18(27)25-10-6-8-15-7-4-5-9-17(15)25/h4-5,7,9H,6,8,10-12H2,1-3H3. The van der Waals surface area contributed by atoms with Gasteiger partial charge in [-0.25, -0.2) is 9.50 Å². The average molecular weight is 426 g/mol.